The summed E-state index contributed by atoms with van der Waals surface area (Å²) < 4.78 is 37.4. The standard InChI is InChI=1S/C34H33F2N5O3/c1-2-19-5-3-6-20-11-24(42)12-25(27(19)20)29-28(36)30-26(14-37-29)32(40-15-21-7-8-22(16-40)31(21)43)39-33(38-30)44-18-34-9-4-10-41(34)17-23(35)13-34/h1,3,5-6,11-12,14,21-23,31,42-43H,4,7-10,13,15-18H2/t21-,22+,23-,31?,34+/m1/s1. The molecule has 2 aromatic heterocycles. The molecule has 10 heteroatoms. The quantitative estimate of drug-likeness (QED) is 0.316. The van der Waals surface area contributed by atoms with Crippen LogP contribution in [0, 0.1) is 30.0 Å². The van der Waals surface area contributed by atoms with Gasteiger partial charge in [-0.05, 0) is 55.8 Å². The van der Waals surface area contributed by atoms with Crippen LogP contribution in [0.1, 0.15) is 37.7 Å². The molecule has 8 rings (SSSR count). The third-order valence-electron chi connectivity index (χ3n) is 10.3. The number of rotatable bonds is 5. The molecule has 0 radical (unpaired) electrons. The molecule has 1 saturated carbocycles. The summed E-state index contributed by atoms with van der Waals surface area (Å²) in [5, 5.41) is 22.9. The van der Waals surface area contributed by atoms with Crippen molar-refractivity contribution in [3.63, 3.8) is 0 Å². The fourth-order valence-corrected chi connectivity index (χ4v) is 8.25. The molecule has 0 amide bonds. The molecule has 1 aliphatic carbocycles. The zero-order valence-electron chi connectivity index (χ0n) is 24.2. The van der Waals surface area contributed by atoms with Gasteiger partial charge in [-0.15, -0.1) is 6.42 Å². The number of nitrogens with zero attached hydrogens (tertiary/aromatic N) is 5. The fraction of sp³-hybridized carbons (Fsp3) is 0.441. The first-order valence-corrected chi connectivity index (χ1v) is 15.4. The number of hydrogen-bond donors (Lipinski definition) is 2. The summed E-state index contributed by atoms with van der Waals surface area (Å²) in [7, 11) is 0. The summed E-state index contributed by atoms with van der Waals surface area (Å²) in [5.74, 6) is 2.66. The summed E-state index contributed by atoms with van der Waals surface area (Å²) in [4.78, 5) is 18.2. The zero-order valence-corrected chi connectivity index (χ0v) is 24.2. The molecule has 2 N–H and O–H groups in total. The van der Waals surface area contributed by atoms with Crippen molar-refractivity contribution >= 4 is 27.5 Å². The van der Waals surface area contributed by atoms with E-state index in [0.29, 0.717) is 59.2 Å². The van der Waals surface area contributed by atoms with E-state index in [0.717, 1.165) is 32.2 Å². The zero-order chi connectivity index (χ0) is 30.2. The molecule has 44 heavy (non-hydrogen) atoms. The monoisotopic (exact) mass is 597 g/mol. The number of phenolic OH excluding ortho intramolecular Hbond substituents is 1. The topological polar surface area (TPSA) is 94.8 Å². The van der Waals surface area contributed by atoms with Gasteiger partial charge in [-0.3, -0.25) is 9.88 Å². The van der Waals surface area contributed by atoms with E-state index in [1.54, 1.807) is 30.5 Å². The first-order chi connectivity index (χ1) is 21.3. The number of aromatic nitrogens is 3. The molecule has 5 atom stereocenters. The van der Waals surface area contributed by atoms with Gasteiger partial charge in [0.2, 0.25) is 0 Å². The number of ether oxygens (including phenoxy) is 1. The number of alkyl halides is 1. The largest absolute Gasteiger partial charge is 0.508 e. The Labute approximate surface area is 253 Å². The predicted octanol–water partition coefficient (Wildman–Crippen LogP) is 4.83. The molecule has 0 spiro atoms. The fourth-order valence-electron chi connectivity index (χ4n) is 8.25. The second-order valence-electron chi connectivity index (χ2n) is 12.9. The smallest absolute Gasteiger partial charge is 0.319 e. The first kappa shape index (κ1) is 27.5. The number of aliphatic hydroxyl groups is 1. The Kier molecular flexibility index (Phi) is 6.40. The van der Waals surface area contributed by atoms with Crippen LogP contribution >= 0.6 is 0 Å². The van der Waals surface area contributed by atoms with Crippen molar-refractivity contribution in [2.75, 3.05) is 37.7 Å². The van der Waals surface area contributed by atoms with Crippen LogP contribution in [0.2, 0.25) is 0 Å². The normalized spacial score (nSPS) is 28.1. The second-order valence-corrected chi connectivity index (χ2v) is 12.9. The van der Waals surface area contributed by atoms with Crippen LogP contribution in [-0.2, 0) is 0 Å². The van der Waals surface area contributed by atoms with E-state index in [2.05, 4.69) is 25.7 Å². The molecule has 1 unspecified atom stereocenters. The Morgan fingerprint density at radius 2 is 1.95 bits per heavy atom. The van der Waals surface area contributed by atoms with Gasteiger partial charge in [0.15, 0.2) is 5.82 Å². The van der Waals surface area contributed by atoms with Crippen LogP contribution in [-0.4, -0.2) is 80.7 Å². The number of anilines is 1. The van der Waals surface area contributed by atoms with Gasteiger partial charge in [-0.25, -0.2) is 8.78 Å². The van der Waals surface area contributed by atoms with Gasteiger partial charge in [-0.2, -0.15) is 9.97 Å². The molecular weight excluding hydrogens is 564 g/mol. The molecule has 2 aromatic carbocycles. The first-order valence-electron chi connectivity index (χ1n) is 15.4. The summed E-state index contributed by atoms with van der Waals surface area (Å²) in [6.45, 7) is 2.60. The highest BCUT2D eigenvalue weighted by Gasteiger charge is 2.49. The lowest BCUT2D eigenvalue weighted by molar-refractivity contribution is 0.0790. The Balaban J connectivity index is 1.27. The van der Waals surface area contributed by atoms with Crippen LogP contribution in [0.3, 0.4) is 0 Å². The van der Waals surface area contributed by atoms with Gasteiger partial charge in [0, 0.05) is 60.6 Å². The van der Waals surface area contributed by atoms with E-state index in [9.17, 15) is 14.6 Å². The summed E-state index contributed by atoms with van der Waals surface area (Å²) in [5.41, 5.74) is 0.535. The number of halogens is 2. The summed E-state index contributed by atoms with van der Waals surface area (Å²) >= 11 is 0. The number of piperidine rings is 1. The number of aliphatic hydroxyl groups excluding tert-OH is 1. The lowest BCUT2D eigenvalue weighted by atomic mass is 9.94. The van der Waals surface area contributed by atoms with Crippen LogP contribution in [0.15, 0.2) is 36.5 Å². The highest BCUT2D eigenvalue weighted by Crippen LogP contribution is 2.43. The lowest BCUT2D eigenvalue weighted by Crippen LogP contribution is -2.45. The molecule has 226 valence electrons. The van der Waals surface area contributed by atoms with Crippen molar-refractivity contribution in [1.82, 2.24) is 19.9 Å². The van der Waals surface area contributed by atoms with Crippen molar-refractivity contribution in [3.05, 3.63) is 47.9 Å². The third kappa shape index (κ3) is 4.28. The highest BCUT2D eigenvalue weighted by molar-refractivity contribution is 6.02. The number of phenols is 1. The molecule has 4 fully saturated rings. The third-order valence-corrected chi connectivity index (χ3v) is 10.3. The number of pyridine rings is 1. The van der Waals surface area contributed by atoms with E-state index < -0.39 is 17.5 Å². The minimum Gasteiger partial charge on any atom is -0.508 e. The van der Waals surface area contributed by atoms with Gasteiger partial charge in [0.1, 0.15) is 35.6 Å². The molecule has 4 aromatic rings. The van der Waals surface area contributed by atoms with E-state index in [1.807, 2.05) is 0 Å². The Bertz CT molecular complexity index is 1830. The molecule has 5 heterocycles. The van der Waals surface area contributed by atoms with Gasteiger partial charge >= 0.3 is 6.01 Å². The number of aromatic hydroxyl groups is 1. The van der Waals surface area contributed by atoms with E-state index >= 15 is 4.39 Å². The van der Waals surface area contributed by atoms with E-state index in [4.69, 9.17) is 16.1 Å². The molecule has 4 aliphatic rings. The molecule has 8 nitrogen and oxygen atoms in total. The minimum absolute atomic E-state index is 0.00228. The number of benzene rings is 2. The van der Waals surface area contributed by atoms with E-state index in [1.165, 1.54) is 6.07 Å². The molecule has 2 bridgehead atoms. The number of fused-ring (bicyclic) bond motifs is 5. The summed E-state index contributed by atoms with van der Waals surface area (Å²) in [6.07, 6.45) is 10.2. The van der Waals surface area contributed by atoms with E-state index in [-0.39, 0.29) is 47.5 Å². The van der Waals surface area contributed by atoms with Crippen LogP contribution in [0.5, 0.6) is 11.8 Å². The minimum atomic E-state index is -0.904. The number of terminal acetylenes is 1. The van der Waals surface area contributed by atoms with Gasteiger partial charge in [-0.1, -0.05) is 18.1 Å². The summed E-state index contributed by atoms with van der Waals surface area (Å²) in [6, 6.07) is 8.43. The maximum atomic E-state index is 16.8. The van der Waals surface area contributed by atoms with Gasteiger partial charge in [0.25, 0.3) is 0 Å². The van der Waals surface area contributed by atoms with Crippen molar-refractivity contribution in [3.8, 4) is 35.4 Å². The predicted molar refractivity (Wildman–Crippen MR) is 163 cm³/mol. The maximum Gasteiger partial charge on any atom is 0.319 e. The van der Waals surface area contributed by atoms with Crippen LogP contribution in [0.25, 0.3) is 32.9 Å². The maximum absolute atomic E-state index is 16.8. The molecule has 3 aliphatic heterocycles. The van der Waals surface area contributed by atoms with Gasteiger partial charge in [0.05, 0.1) is 17.0 Å². The average molecular weight is 598 g/mol. The van der Waals surface area contributed by atoms with Gasteiger partial charge < -0.3 is 19.8 Å². The van der Waals surface area contributed by atoms with Crippen molar-refractivity contribution < 1.29 is 23.7 Å². The second kappa shape index (κ2) is 10.2. The average Bonchev–Trinajstić information content (AvgIpc) is 3.59. The molecular formula is C34H33F2N5O3. The Morgan fingerprint density at radius 1 is 1.14 bits per heavy atom. The van der Waals surface area contributed by atoms with Crippen LogP contribution in [0.4, 0.5) is 14.6 Å². The Hall–Kier alpha value is -4.07. The number of hydrogen-bond acceptors (Lipinski definition) is 8. The van der Waals surface area contributed by atoms with Crippen molar-refractivity contribution in [1.29, 1.82) is 0 Å². The van der Waals surface area contributed by atoms with Crippen molar-refractivity contribution in [2.45, 2.75) is 49.9 Å². The molecule has 3 saturated heterocycles. The highest BCUT2D eigenvalue weighted by atomic mass is 19.1. The van der Waals surface area contributed by atoms with Crippen molar-refractivity contribution in [2.24, 2.45) is 11.8 Å². The SMILES string of the molecule is C#Cc1cccc2cc(O)cc(-c3ncc4c(N5C[C@H]6CC[C@@H](C5)C6O)nc(OC[C@@]56CCCN5C[C@H](F)C6)nc4c3F)c12. The van der Waals surface area contributed by atoms with Crippen LogP contribution < -0.4 is 9.64 Å². The Morgan fingerprint density at radius 3 is 2.75 bits per heavy atom. The lowest BCUT2D eigenvalue weighted by Gasteiger charge is -2.36.